The molecule has 18 heavy (non-hydrogen) atoms. The van der Waals surface area contributed by atoms with Gasteiger partial charge in [0, 0.05) is 6.20 Å². The van der Waals surface area contributed by atoms with Crippen LogP contribution in [0.2, 0.25) is 0 Å². The van der Waals surface area contributed by atoms with E-state index in [0.717, 1.165) is 19.4 Å². The molecule has 6 heteroatoms. The summed E-state index contributed by atoms with van der Waals surface area (Å²) in [6.45, 7) is 1.11. The molecule has 1 amide bonds. The Morgan fingerprint density at radius 2 is 2.39 bits per heavy atom. The highest BCUT2D eigenvalue weighted by Gasteiger charge is 2.21. The van der Waals surface area contributed by atoms with Gasteiger partial charge in [0.15, 0.2) is 0 Å². The van der Waals surface area contributed by atoms with Crippen molar-refractivity contribution in [3.8, 4) is 0 Å². The number of aromatic nitrogens is 1. The van der Waals surface area contributed by atoms with Gasteiger partial charge in [-0.15, -0.1) is 0 Å². The van der Waals surface area contributed by atoms with Gasteiger partial charge in [-0.2, -0.15) is 0 Å². The van der Waals surface area contributed by atoms with E-state index >= 15 is 0 Å². The summed E-state index contributed by atoms with van der Waals surface area (Å²) in [5.41, 5.74) is 0.717. The highest BCUT2D eigenvalue weighted by Crippen LogP contribution is 2.06. The molecule has 1 fully saturated rings. The lowest BCUT2D eigenvalue weighted by Gasteiger charge is -2.10. The van der Waals surface area contributed by atoms with Crippen LogP contribution in [-0.2, 0) is 11.3 Å². The number of amides is 1. The largest absolute Gasteiger partial charge is 0.478 e. The van der Waals surface area contributed by atoms with E-state index in [0.29, 0.717) is 5.69 Å². The Labute approximate surface area is 104 Å². The van der Waals surface area contributed by atoms with Crippen LogP contribution in [-0.4, -0.2) is 34.6 Å². The summed E-state index contributed by atoms with van der Waals surface area (Å²) in [7, 11) is 0. The molecule has 2 rings (SSSR count). The molecule has 6 nitrogen and oxygen atoms in total. The van der Waals surface area contributed by atoms with Crippen LogP contribution < -0.4 is 10.6 Å². The van der Waals surface area contributed by atoms with Crippen molar-refractivity contribution in [1.82, 2.24) is 15.6 Å². The van der Waals surface area contributed by atoms with Crippen molar-refractivity contribution in [2.24, 2.45) is 0 Å². The number of carboxylic acids is 1. The lowest BCUT2D eigenvalue weighted by molar-refractivity contribution is -0.122. The summed E-state index contributed by atoms with van der Waals surface area (Å²) in [6, 6.07) is 2.75. The predicted octanol–water partition coefficient (Wildman–Crippen LogP) is 0.148. The summed E-state index contributed by atoms with van der Waals surface area (Å²) < 4.78 is 0. The quantitative estimate of drug-likeness (QED) is 0.706. The number of nitrogens with one attached hydrogen (secondary N) is 2. The fourth-order valence-corrected chi connectivity index (χ4v) is 1.92. The highest BCUT2D eigenvalue weighted by atomic mass is 16.4. The first kappa shape index (κ1) is 12.5. The number of carbonyl (C=O) groups excluding carboxylic acids is 1. The van der Waals surface area contributed by atoms with E-state index in [4.69, 9.17) is 5.11 Å². The third-order valence-electron chi connectivity index (χ3n) is 2.88. The molecule has 0 aliphatic carbocycles. The lowest BCUT2D eigenvalue weighted by Crippen LogP contribution is -2.40. The zero-order valence-corrected chi connectivity index (χ0v) is 9.85. The lowest BCUT2D eigenvalue weighted by atomic mass is 10.2. The van der Waals surface area contributed by atoms with Crippen LogP contribution in [0.1, 0.15) is 28.9 Å². The molecular weight excluding hydrogens is 234 g/mol. The van der Waals surface area contributed by atoms with E-state index in [2.05, 4.69) is 15.6 Å². The van der Waals surface area contributed by atoms with Crippen LogP contribution in [0.5, 0.6) is 0 Å². The predicted molar refractivity (Wildman–Crippen MR) is 64.1 cm³/mol. The number of hydrogen-bond acceptors (Lipinski definition) is 4. The van der Waals surface area contributed by atoms with E-state index in [1.165, 1.54) is 18.3 Å². The van der Waals surface area contributed by atoms with Gasteiger partial charge < -0.3 is 15.7 Å². The second-order valence-electron chi connectivity index (χ2n) is 4.21. The number of hydrogen-bond donors (Lipinski definition) is 3. The van der Waals surface area contributed by atoms with E-state index in [1.54, 1.807) is 0 Å². The first-order valence-electron chi connectivity index (χ1n) is 5.86. The second kappa shape index (κ2) is 5.59. The maximum absolute atomic E-state index is 11.7. The molecule has 3 N–H and O–H groups in total. The van der Waals surface area contributed by atoms with Crippen molar-refractivity contribution in [3.05, 3.63) is 29.6 Å². The molecule has 2 heterocycles. The standard InChI is InChI=1S/C12H15N3O3/c16-11(10-2-1-4-14-10)15-7-9-6-8(12(17)18)3-5-13-9/h3,5-6,10,14H,1-2,4,7H2,(H,15,16)(H,17,18)/t10-/m1/s1. The molecule has 0 unspecified atom stereocenters. The minimum Gasteiger partial charge on any atom is -0.478 e. The smallest absolute Gasteiger partial charge is 0.335 e. The summed E-state index contributed by atoms with van der Waals surface area (Å²) >= 11 is 0. The van der Waals surface area contributed by atoms with Gasteiger partial charge in [-0.05, 0) is 31.5 Å². The normalized spacial score (nSPS) is 18.6. The van der Waals surface area contributed by atoms with Crippen molar-refractivity contribution in [2.75, 3.05) is 6.54 Å². The Balaban J connectivity index is 1.91. The summed E-state index contributed by atoms with van der Waals surface area (Å²) in [6.07, 6.45) is 3.28. The molecule has 0 bridgehead atoms. The van der Waals surface area contributed by atoms with Gasteiger partial charge in [0.1, 0.15) is 0 Å². The first-order valence-corrected chi connectivity index (χ1v) is 5.86. The fourth-order valence-electron chi connectivity index (χ4n) is 1.92. The molecule has 96 valence electrons. The number of carbonyl (C=O) groups is 2. The van der Waals surface area contributed by atoms with E-state index in [-0.39, 0.29) is 24.1 Å². The van der Waals surface area contributed by atoms with Crippen molar-refractivity contribution >= 4 is 11.9 Å². The highest BCUT2D eigenvalue weighted by molar-refractivity contribution is 5.87. The van der Waals surface area contributed by atoms with Gasteiger partial charge in [0.25, 0.3) is 0 Å². The summed E-state index contributed by atoms with van der Waals surface area (Å²) in [5.74, 6) is -1.06. The Morgan fingerprint density at radius 3 is 3.06 bits per heavy atom. The van der Waals surface area contributed by atoms with Gasteiger partial charge in [-0.3, -0.25) is 9.78 Å². The Hall–Kier alpha value is -1.95. The van der Waals surface area contributed by atoms with Gasteiger partial charge in [-0.1, -0.05) is 0 Å². The van der Waals surface area contributed by atoms with Crippen LogP contribution in [0.4, 0.5) is 0 Å². The molecule has 1 atom stereocenters. The van der Waals surface area contributed by atoms with E-state index < -0.39 is 5.97 Å². The van der Waals surface area contributed by atoms with Crippen molar-refractivity contribution in [1.29, 1.82) is 0 Å². The average molecular weight is 249 g/mol. The SMILES string of the molecule is O=C(O)c1ccnc(CNC(=O)[C@H]2CCCN2)c1. The van der Waals surface area contributed by atoms with Gasteiger partial charge in [-0.25, -0.2) is 4.79 Å². The molecule has 0 aromatic carbocycles. The fraction of sp³-hybridized carbons (Fsp3) is 0.417. The minimum absolute atomic E-state index is 0.0602. The summed E-state index contributed by atoms with van der Waals surface area (Å²) in [4.78, 5) is 26.5. The molecule has 0 radical (unpaired) electrons. The maximum atomic E-state index is 11.7. The van der Waals surface area contributed by atoms with Crippen LogP contribution in [0.15, 0.2) is 18.3 Å². The number of aromatic carboxylic acids is 1. The third-order valence-corrected chi connectivity index (χ3v) is 2.88. The Kier molecular flexibility index (Phi) is 3.88. The number of nitrogens with zero attached hydrogens (tertiary/aromatic N) is 1. The van der Waals surface area contributed by atoms with Crippen molar-refractivity contribution in [3.63, 3.8) is 0 Å². The van der Waals surface area contributed by atoms with Gasteiger partial charge >= 0.3 is 5.97 Å². The van der Waals surface area contributed by atoms with E-state index in [1.807, 2.05) is 0 Å². The van der Waals surface area contributed by atoms with E-state index in [9.17, 15) is 9.59 Å². The zero-order chi connectivity index (χ0) is 13.0. The molecule has 1 saturated heterocycles. The maximum Gasteiger partial charge on any atom is 0.335 e. The Bertz CT molecular complexity index is 456. The molecule has 1 aliphatic heterocycles. The monoisotopic (exact) mass is 249 g/mol. The molecule has 1 aromatic heterocycles. The molecular formula is C12H15N3O3. The third kappa shape index (κ3) is 3.04. The average Bonchev–Trinajstić information content (AvgIpc) is 2.90. The van der Waals surface area contributed by atoms with Gasteiger partial charge in [0.2, 0.25) is 5.91 Å². The number of pyridine rings is 1. The van der Waals surface area contributed by atoms with Crippen molar-refractivity contribution in [2.45, 2.75) is 25.4 Å². The van der Waals surface area contributed by atoms with Crippen LogP contribution in [0, 0.1) is 0 Å². The molecule has 1 aliphatic rings. The van der Waals surface area contributed by atoms with Gasteiger partial charge in [0.05, 0.1) is 23.8 Å². The topological polar surface area (TPSA) is 91.3 Å². The summed E-state index contributed by atoms with van der Waals surface area (Å²) in [5, 5.41) is 14.7. The first-order chi connectivity index (χ1) is 8.66. The molecule has 0 spiro atoms. The van der Waals surface area contributed by atoms with Crippen molar-refractivity contribution < 1.29 is 14.7 Å². The van der Waals surface area contributed by atoms with Crippen LogP contribution in [0.25, 0.3) is 0 Å². The number of carboxylic acid groups (broad SMARTS) is 1. The Morgan fingerprint density at radius 1 is 1.56 bits per heavy atom. The zero-order valence-electron chi connectivity index (χ0n) is 9.85. The minimum atomic E-state index is -0.998. The van der Waals surface area contributed by atoms with Crippen LogP contribution >= 0.6 is 0 Å². The number of rotatable bonds is 4. The molecule has 0 saturated carbocycles. The van der Waals surface area contributed by atoms with Crippen LogP contribution in [0.3, 0.4) is 0 Å². The second-order valence-corrected chi connectivity index (χ2v) is 4.21. The molecule has 1 aromatic rings.